The van der Waals surface area contributed by atoms with Crippen molar-refractivity contribution in [2.75, 3.05) is 0 Å². The summed E-state index contributed by atoms with van der Waals surface area (Å²) in [6.45, 7) is 9.02. The molecule has 182 valence electrons. The van der Waals surface area contributed by atoms with Gasteiger partial charge in [0.1, 0.15) is 11.2 Å². The van der Waals surface area contributed by atoms with Crippen molar-refractivity contribution in [2.45, 2.75) is 90.0 Å². The molecule has 0 aromatic carbocycles. The molecule has 5 rings (SSSR count). The van der Waals surface area contributed by atoms with Crippen LogP contribution in [-0.2, 0) is 9.68 Å². The first-order valence-electron chi connectivity index (χ1n) is 11.9. The van der Waals surface area contributed by atoms with Gasteiger partial charge in [-0.2, -0.15) is 5.10 Å². The van der Waals surface area contributed by atoms with E-state index in [1.807, 2.05) is 33.8 Å². The highest BCUT2D eigenvalue weighted by molar-refractivity contribution is 5.96. The normalized spacial score (nSPS) is 30.8. The predicted molar refractivity (Wildman–Crippen MR) is 122 cm³/mol. The lowest BCUT2D eigenvalue weighted by molar-refractivity contribution is -0.357. The number of carbonyl (C=O) groups is 2. The molecule has 3 N–H and O–H groups in total. The maximum absolute atomic E-state index is 13.3. The topological polar surface area (TPSA) is 115 Å². The molecule has 0 spiro atoms. The van der Waals surface area contributed by atoms with E-state index in [0.717, 1.165) is 32.1 Å². The Balaban J connectivity index is 1.53. The van der Waals surface area contributed by atoms with Gasteiger partial charge in [0.2, 0.25) is 11.8 Å². The molecule has 2 atom stereocenters. The number of aromatic nitrogens is 2. The van der Waals surface area contributed by atoms with Gasteiger partial charge < -0.3 is 15.4 Å². The fourth-order valence-electron chi connectivity index (χ4n) is 6.23. The Hall–Kier alpha value is -2.39. The van der Waals surface area contributed by atoms with E-state index in [4.69, 9.17) is 9.62 Å². The second-order valence-corrected chi connectivity index (χ2v) is 10.9. The van der Waals surface area contributed by atoms with Crippen LogP contribution in [0.2, 0.25) is 0 Å². The SMILES string of the molecule is CC(=O)NC(C)(C)/C=C/n1ncc(C(=O)N[C@H]2C3CC4CC2C[C@](OO)(C4)C3)c1OC(C)C. The minimum atomic E-state index is -0.583. The van der Waals surface area contributed by atoms with Crippen LogP contribution in [-0.4, -0.2) is 50.1 Å². The minimum Gasteiger partial charge on any atom is -0.474 e. The molecule has 4 saturated carbocycles. The average Bonchev–Trinajstić information content (AvgIpc) is 3.09. The van der Waals surface area contributed by atoms with Crippen LogP contribution in [0.4, 0.5) is 0 Å². The van der Waals surface area contributed by atoms with Gasteiger partial charge in [-0.15, -0.1) is 0 Å². The number of ether oxygens (including phenoxy) is 1. The summed E-state index contributed by atoms with van der Waals surface area (Å²) in [6.07, 6.45) is 9.47. The summed E-state index contributed by atoms with van der Waals surface area (Å²) < 4.78 is 7.50. The fourth-order valence-corrected chi connectivity index (χ4v) is 6.23. The van der Waals surface area contributed by atoms with E-state index in [9.17, 15) is 14.8 Å². The molecule has 0 saturated heterocycles. The molecular weight excluding hydrogens is 424 g/mol. The summed E-state index contributed by atoms with van der Waals surface area (Å²) in [5.41, 5.74) is -0.631. The van der Waals surface area contributed by atoms with Crippen LogP contribution < -0.4 is 15.4 Å². The molecule has 1 aromatic heterocycles. The number of amides is 2. The number of hydrogen-bond donors (Lipinski definition) is 3. The predicted octanol–water partition coefficient (Wildman–Crippen LogP) is 3.22. The van der Waals surface area contributed by atoms with Crippen molar-refractivity contribution >= 4 is 18.0 Å². The van der Waals surface area contributed by atoms with Crippen LogP contribution >= 0.6 is 0 Å². The molecule has 4 fully saturated rings. The van der Waals surface area contributed by atoms with Crippen molar-refractivity contribution in [3.63, 3.8) is 0 Å². The lowest BCUT2D eigenvalue weighted by atomic mass is 9.52. The average molecular weight is 461 g/mol. The molecule has 0 radical (unpaired) electrons. The van der Waals surface area contributed by atoms with Crippen LogP contribution in [0.3, 0.4) is 0 Å². The second-order valence-electron chi connectivity index (χ2n) is 10.9. The molecule has 2 unspecified atom stereocenters. The molecule has 4 aliphatic carbocycles. The fraction of sp³-hybridized carbons (Fsp3) is 0.708. The third kappa shape index (κ3) is 4.94. The van der Waals surface area contributed by atoms with Gasteiger partial charge in [-0.3, -0.25) is 14.8 Å². The zero-order chi connectivity index (χ0) is 24.0. The van der Waals surface area contributed by atoms with Crippen LogP contribution in [0.5, 0.6) is 5.88 Å². The van der Waals surface area contributed by atoms with Crippen molar-refractivity contribution in [1.82, 2.24) is 20.4 Å². The smallest absolute Gasteiger partial charge is 0.258 e. The van der Waals surface area contributed by atoms with Crippen molar-refractivity contribution in [2.24, 2.45) is 17.8 Å². The number of nitrogens with one attached hydrogen (secondary N) is 2. The Morgan fingerprint density at radius 1 is 1.27 bits per heavy atom. The highest BCUT2D eigenvalue weighted by Gasteiger charge is 2.57. The zero-order valence-electron chi connectivity index (χ0n) is 20.1. The van der Waals surface area contributed by atoms with E-state index in [1.54, 1.807) is 6.20 Å². The Labute approximate surface area is 194 Å². The molecule has 2 amide bonds. The summed E-state index contributed by atoms with van der Waals surface area (Å²) in [5, 5.41) is 20.0. The lowest BCUT2D eigenvalue weighted by Gasteiger charge is -2.58. The number of hydrogen-bond acceptors (Lipinski definition) is 6. The highest BCUT2D eigenvalue weighted by atomic mass is 17.1. The summed E-state index contributed by atoms with van der Waals surface area (Å²) in [4.78, 5) is 29.7. The summed E-state index contributed by atoms with van der Waals surface area (Å²) in [7, 11) is 0. The molecular formula is C24H36N4O5. The molecule has 1 heterocycles. The quantitative estimate of drug-likeness (QED) is 0.405. The minimum absolute atomic E-state index is 0.0572. The number of rotatable bonds is 8. The van der Waals surface area contributed by atoms with Crippen LogP contribution in [0.25, 0.3) is 6.20 Å². The van der Waals surface area contributed by atoms with Crippen LogP contribution in [0.1, 0.15) is 77.1 Å². The van der Waals surface area contributed by atoms with Gasteiger partial charge in [-0.1, -0.05) is 0 Å². The number of nitrogens with zero attached hydrogens (tertiary/aromatic N) is 2. The van der Waals surface area contributed by atoms with Gasteiger partial charge in [0.05, 0.1) is 17.8 Å². The molecule has 9 nitrogen and oxygen atoms in total. The van der Waals surface area contributed by atoms with E-state index in [0.29, 0.717) is 29.2 Å². The van der Waals surface area contributed by atoms with Crippen molar-refractivity contribution in [3.8, 4) is 5.88 Å². The Kier molecular flexibility index (Phi) is 6.30. The van der Waals surface area contributed by atoms with Crippen molar-refractivity contribution in [3.05, 3.63) is 17.8 Å². The van der Waals surface area contributed by atoms with E-state index >= 15 is 0 Å². The van der Waals surface area contributed by atoms with Crippen LogP contribution in [0, 0.1) is 17.8 Å². The van der Waals surface area contributed by atoms with Gasteiger partial charge in [0.25, 0.3) is 5.91 Å². The third-order valence-electron chi connectivity index (χ3n) is 7.18. The van der Waals surface area contributed by atoms with Crippen molar-refractivity contribution < 1.29 is 24.5 Å². The highest BCUT2D eigenvalue weighted by Crippen LogP contribution is 2.57. The molecule has 1 aromatic rings. The van der Waals surface area contributed by atoms with Crippen molar-refractivity contribution in [1.29, 1.82) is 0 Å². The maximum Gasteiger partial charge on any atom is 0.258 e. The Bertz CT molecular complexity index is 921. The van der Waals surface area contributed by atoms with E-state index in [2.05, 4.69) is 15.7 Å². The number of carbonyl (C=O) groups excluding carboxylic acids is 2. The maximum atomic E-state index is 13.3. The van der Waals surface area contributed by atoms with E-state index in [1.165, 1.54) is 17.8 Å². The first-order chi connectivity index (χ1) is 15.5. The Morgan fingerprint density at radius 2 is 1.94 bits per heavy atom. The summed E-state index contributed by atoms with van der Waals surface area (Å²) in [6, 6.07) is 0.0572. The molecule has 4 bridgehead atoms. The van der Waals surface area contributed by atoms with Gasteiger partial charge in [0, 0.05) is 19.2 Å². The second kappa shape index (κ2) is 8.76. The molecule has 33 heavy (non-hydrogen) atoms. The van der Waals surface area contributed by atoms with E-state index in [-0.39, 0.29) is 24.0 Å². The standard InChI is InChI=1S/C24H36N4O5/c1-14(2)32-22-19(13-25-28(22)7-6-23(4,5)27-15(3)29)21(30)26-20-17-8-16-9-18(20)12-24(10-16,11-17)33-31/h6-7,13-14,16-18,20,31H,8-12H2,1-5H3,(H,26,30)(H,27,29)/b7-6+/t16?,17?,18?,20-,24-. The molecule has 9 heteroatoms. The first-order valence-corrected chi connectivity index (χ1v) is 11.9. The zero-order valence-corrected chi connectivity index (χ0v) is 20.1. The van der Waals surface area contributed by atoms with E-state index < -0.39 is 11.1 Å². The Morgan fingerprint density at radius 3 is 2.52 bits per heavy atom. The summed E-state index contributed by atoms with van der Waals surface area (Å²) in [5.74, 6) is 1.19. The van der Waals surface area contributed by atoms with Gasteiger partial charge >= 0.3 is 0 Å². The largest absolute Gasteiger partial charge is 0.474 e. The molecule has 0 aliphatic heterocycles. The third-order valence-corrected chi connectivity index (χ3v) is 7.18. The summed E-state index contributed by atoms with van der Waals surface area (Å²) >= 11 is 0. The first kappa shape index (κ1) is 23.8. The van der Waals surface area contributed by atoms with Gasteiger partial charge in [-0.25, -0.2) is 9.57 Å². The lowest BCUT2D eigenvalue weighted by Crippen LogP contribution is -2.62. The molecule has 4 aliphatic rings. The van der Waals surface area contributed by atoms with Gasteiger partial charge in [-0.05, 0) is 83.6 Å². The van der Waals surface area contributed by atoms with Crippen LogP contribution in [0.15, 0.2) is 12.3 Å². The van der Waals surface area contributed by atoms with Gasteiger partial charge in [0.15, 0.2) is 0 Å². The monoisotopic (exact) mass is 460 g/mol.